The topological polar surface area (TPSA) is 42.0 Å². The van der Waals surface area contributed by atoms with Crippen LogP contribution >= 0.6 is 23.1 Å². The fraction of sp³-hybridized carbons (Fsp3) is 0.158. The maximum Gasteiger partial charge on any atom is 0.237 e. The molecule has 3 nitrogen and oxygen atoms in total. The largest absolute Gasteiger partial charge is 0.320 e. The summed E-state index contributed by atoms with van der Waals surface area (Å²) < 4.78 is 28.0. The van der Waals surface area contributed by atoms with E-state index < -0.39 is 28.5 Å². The second kappa shape index (κ2) is 7.97. The highest BCUT2D eigenvalue weighted by molar-refractivity contribution is 8.02. The number of thiazole rings is 1. The minimum Gasteiger partial charge on any atom is -0.320 e. The molecule has 0 fully saturated rings. The molecule has 0 radical (unpaired) electrons. The van der Waals surface area contributed by atoms with E-state index >= 15 is 0 Å². The molecule has 1 amide bonds. The highest BCUT2D eigenvalue weighted by atomic mass is 32.2. The number of thioether (sulfide) groups is 1. The number of carbonyl (C=O) groups is 1. The Bertz CT molecular complexity index is 905. The van der Waals surface area contributed by atoms with E-state index in [0.717, 1.165) is 27.7 Å². The summed E-state index contributed by atoms with van der Waals surface area (Å²) in [6, 6.07) is 11.5. The second-order valence-corrected chi connectivity index (χ2v) is 8.16. The van der Waals surface area contributed by atoms with Crippen molar-refractivity contribution in [2.75, 3.05) is 5.32 Å². The van der Waals surface area contributed by atoms with Gasteiger partial charge in [0.15, 0.2) is 4.34 Å². The zero-order valence-electron chi connectivity index (χ0n) is 14.1. The van der Waals surface area contributed by atoms with Crippen molar-refractivity contribution in [3.05, 3.63) is 65.0 Å². The van der Waals surface area contributed by atoms with Crippen LogP contribution in [0.5, 0.6) is 0 Å². The molecule has 0 saturated heterocycles. The van der Waals surface area contributed by atoms with E-state index in [0.29, 0.717) is 0 Å². The zero-order valence-corrected chi connectivity index (χ0v) is 15.8. The highest BCUT2D eigenvalue weighted by Gasteiger charge is 2.20. The van der Waals surface area contributed by atoms with Gasteiger partial charge >= 0.3 is 0 Å². The molecule has 1 N–H and O–H groups in total. The minimum atomic E-state index is -0.800. The van der Waals surface area contributed by atoms with E-state index in [4.69, 9.17) is 0 Å². The van der Waals surface area contributed by atoms with Crippen molar-refractivity contribution in [3.8, 4) is 11.3 Å². The Labute approximate surface area is 158 Å². The molecular weight excluding hydrogens is 374 g/mol. The third-order valence-electron chi connectivity index (χ3n) is 3.69. The SMILES string of the molecule is Cc1ccc(-c2csc(S[C@H](C)C(=O)Nc3c(F)cccc3F)n2)cc1. The Balaban J connectivity index is 1.67. The summed E-state index contributed by atoms with van der Waals surface area (Å²) in [5.41, 5.74) is 2.59. The third-order valence-corrected chi connectivity index (χ3v) is 5.76. The molecule has 7 heteroatoms. The summed E-state index contributed by atoms with van der Waals surface area (Å²) in [6.45, 7) is 3.69. The molecule has 3 aromatic rings. The summed E-state index contributed by atoms with van der Waals surface area (Å²) in [7, 11) is 0. The Morgan fingerprint density at radius 1 is 1.15 bits per heavy atom. The van der Waals surface area contributed by atoms with Crippen molar-refractivity contribution in [1.29, 1.82) is 0 Å². The number of nitrogens with zero attached hydrogens (tertiary/aromatic N) is 1. The van der Waals surface area contributed by atoms with Gasteiger partial charge in [-0.2, -0.15) is 0 Å². The van der Waals surface area contributed by atoms with E-state index in [-0.39, 0.29) is 0 Å². The van der Waals surface area contributed by atoms with Crippen LogP contribution in [0.4, 0.5) is 14.5 Å². The number of hydrogen-bond donors (Lipinski definition) is 1. The lowest BCUT2D eigenvalue weighted by Crippen LogP contribution is -2.23. The third kappa shape index (κ3) is 4.28. The highest BCUT2D eigenvalue weighted by Crippen LogP contribution is 2.31. The van der Waals surface area contributed by atoms with Crippen LogP contribution in [0.3, 0.4) is 0 Å². The van der Waals surface area contributed by atoms with Gasteiger partial charge in [-0.15, -0.1) is 11.3 Å². The van der Waals surface area contributed by atoms with Gasteiger partial charge in [-0.3, -0.25) is 4.79 Å². The van der Waals surface area contributed by atoms with Crippen LogP contribution in [0.25, 0.3) is 11.3 Å². The predicted octanol–water partition coefficient (Wildman–Crippen LogP) is 5.52. The predicted molar refractivity (Wildman–Crippen MR) is 103 cm³/mol. The van der Waals surface area contributed by atoms with E-state index in [1.807, 2.05) is 36.6 Å². The standard InChI is InChI=1S/C19H16F2N2OS2/c1-11-6-8-13(9-7-11)16-10-25-19(22-16)26-12(2)18(24)23-17-14(20)4-3-5-15(17)21/h3-10,12H,1-2H3,(H,23,24)/t12-/m1/s1. The van der Waals surface area contributed by atoms with Crippen LogP contribution in [0.2, 0.25) is 0 Å². The van der Waals surface area contributed by atoms with Gasteiger partial charge in [0.25, 0.3) is 0 Å². The second-order valence-electron chi connectivity index (χ2n) is 5.71. The Morgan fingerprint density at radius 2 is 1.81 bits per heavy atom. The fourth-order valence-corrected chi connectivity index (χ4v) is 4.19. The number of para-hydroxylation sites is 1. The number of halogens is 2. The van der Waals surface area contributed by atoms with Gasteiger partial charge in [0.1, 0.15) is 17.3 Å². The Morgan fingerprint density at radius 3 is 2.46 bits per heavy atom. The van der Waals surface area contributed by atoms with Gasteiger partial charge in [0, 0.05) is 10.9 Å². The zero-order chi connectivity index (χ0) is 18.7. The summed E-state index contributed by atoms with van der Waals surface area (Å²) in [5, 5.41) is 3.69. The number of benzene rings is 2. The summed E-state index contributed by atoms with van der Waals surface area (Å²) >= 11 is 2.68. The number of aryl methyl sites for hydroxylation is 1. The van der Waals surface area contributed by atoms with Crippen molar-refractivity contribution in [1.82, 2.24) is 4.98 Å². The van der Waals surface area contributed by atoms with Crippen LogP contribution in [0, 0.1) is 18.6 Å². The van der Waals surface area contributed by atoms with Crippen LogP contribution < -0.4 is 5.32 Å². The summed E-state index contributed by atoms with van der Waals surface area (Å²) in [4.78, 5) is 16.8. The van der Waals surface area contributed by atoms with Crippen molar-refractivity contribution in [2.24, 2.45) is 0 Å². The number of anilines is 1. The molecule has 0 spiro atoms. The number of nitrogens with one attached hydrogen (secondary N) is 1. The first-order valence-electron chi connectivity index (χ1n) is 7.88. The first-order chi connectivity index (χ1) is 12.4. The fourth-order valence-electron chi connectivity index (χ4n) is 2.22. The lowest BCUT2D eigenvalue weighted by molar-refractivity contribution is -0.115. The van der Waals surface area contributed by atoms with Crippen LogP contribution in [0.15, 0.2) is 52.2 Å². The average molecular weight is 390 g/mol. The average Bonchev–Trinajstić information content (AvgIpc) is 3.07. The van der Waals surface area contributed by atoms with Crippen molar-refractivity contribution in [3.63, 3.8) is 0 Å². The van der Waals surface area contributed by atoms with Gasteiger partial charge in [0.05, 0.1) is 10.9 Å². The molecule has 0 aliphatic heterocycles. The summed E-state index contributed by atoms with van der Waals surface area (Å²) in [6.07, 6.45) is 0. The molecule has 0 unspecified atom stereocenters. The number of aromatic nitrogens is 1. The van der Waals surface area contributed by atoms with E-state index in [9.17, 15) is 13.6 Å². The van der Waals surface area contributed by atoms with E-state index in [2.05, 4.69) is 10.3 Å². The number of amides is 1. The molecule has 0 aliphatic rings. The lowest BCUT2D eigenvalue weighted by Gasteiger charge is -2.11. The van der Waals surface area contributed by atoms with Gasteiger partial charge in [-0.05, 0) is 26.0 Å². The molecular formula is C19H16F2N2OS2. The smallest absolute Gasteiger partial charge is 0.237 e. The monoisotopic (exact) mass is 390 g/mol. The van der Waals surface area contributed by atoms with Crippen molar-refractivity contribution >= 4 is 34.7 Å². The molecule has 3 rings (SSSR count). The molecule has 0 saturated carbocycles. The molecule has 0 bridgehead atoms. The van der Waals surface area contributed by atoms with Crippen molar-refractivity contribution < 1.29 is 13.6 Å². The van der Waals surface area contributed by atoms with Crippen molar-refractivity contribution in [2.45, 2.75) is 23.4 Å². The first-order valence-corrected chi connectivity index (χ1v) is 9.64. The molecule has 134 valence electrons. The molecule has 1 heterocycles. The molecule has 26 heavy (non-hydrogen) atoms. The van der Waals surface area contributed by atoms with E-state index in [1.54, 1.807) is 6.92 Å². The number of carbonyl (C=O) groups excluding carboxylic acids is 1. The Kier molecular flexibility index (Phi) is 5.68. The summed E-state index contributed by atoms with van der Waals surface area (Å²) in [5.74, 6) is -2.08. The minimum absolute atomic E-state index is 0.426. The maximum atomic E-state index is 13.6. The number of rotatable bonds is 5. The maximum absolute atomic E-state index is 13.6. The molecule has 1 atom stereocenters. The number of hydrogen-bond acceptors (Lipinski definition) is 4. The van der Waals surface area contributed by atoms with E-state index in [1.165, 1.54) is 34.7 Å². The van der Waals surface area contributed by atoms with Crippen LogP contribution in [0.1, 0.15) is 12.5 Å². The van der Waals surface area contributed by atoms with Crippen LogP contribution in [-0.4, -0.2) is 16.1 Å². The van der Waals surface area contributed by atoms with Crippen LogP contribution in [-0.2, 0) is 4.79 Å². The normalized spacial score (nSPS) is 12.0. The molecule has 1 aromatic heterocycles. The molecule has 0 aliphatic carbocycles. The quantitative estimate of drug-likeness (QED) is 0.584. The van der Waals surface area contributed by atoms with Gasteiger partial charge in [0.2, 0.25) is 5.91 Å². The molecule has 2 aromatic carbocycles. The van der Waals surface area contributed by atoms with Gasteiger partial charge in [-0.25, -0.2) is 13.8 Å². The van der Waals surface area contributed by atoms with Gasteiger partial charge < -0.3 is 5.32 Å². The Hall–Kier alpha value is -2.25. The lowest BCUT2D eigenvalue weighted by atomic mass is 10.1. The van der Waals surface area contributed by atoms with Gasteiger partial charge in [-0.1, -0.05) is 47.7 Å². The first kappa shape index (κ1) is 18.5.